The minimum Gasteiger partial charge on any atom is -0.481 e. The Morgan fingerprint density at radius 2 is 1.24 bits per heavy atom. The minimum atomic E-state index is -2.38. The average Bonchev–Trinajstić information content (AvgIpc) is 3.45. The van der Waals surface area contributed by atoms with Crippen LogP contribution in [0.1, 0.15) is 42.9 Å². The van der Waals surface area contributed by atoms with E-state index in [1.807, 2.05) is 0 Å². The van der Waals surface area contributed by atoms with Crippen molar-refractivity contribution in [1.82, 2.24) is 0 Å². The van der Waals surface area contributed by atoms with E-state index in [0.717, 1.165) is 31.0 Å². The van der Waals surface area contributed by atoms with E-state index in [1.54, 1.807) is 0 Å². The van der Waals surface area contributed by atoms with Crippen molar-refractivity contribution in [3.63, 3.8) is 0 Å². The molecule has 0 radical (unpaired) electrons. The van der Waals surface area contributed by atoms with Crippen molar-refractivity contribution in [3.8, 4) is 0 Å². The molecule has 3 aromatic rings. The number of rotatable bonds is 9. The largest absolute Gasteiger partial charge is 0.481 e. The molecule has 1 saturated carbocycles. The van der Waals surface area contributed by atoms with Crippen LogP contribution >= 0.6 is 0 Å². The van der Waals surface area contributed by atoms with Crippen LogP contribution in [-0.4, -0.2) is 19.1 Å². The van der Waals surface area contributed by atoms with Gasteiger partial charge < -0.3 is 5.11 Å². The van der Waals surface area contributed by atoms with Crippen molar-refractivity contribution in [2.24, 2.45) is 11.3 Å². The Morgan fingerprint density at radius 1 is 0.794 bits per heavy atom. The van der Waals surface area contributed by atoms with E-state index < -0.39 is 19.5 Å². The lowest BCUT2D eigenvalue weighted by atomic mass is 9.73. The molecule has 0 saturated heterocycles. The summed E-state index contributed by atoms with van der Waals surface area (Å²) in [7, 11) is -2.38. The third-order valence-electron chi connectivity index (χ3n) is 8.82. The Bertz CT molecular complexity index is 1060. The number of benzene rings is 3. The number of aliphatic carboxylic acids is 1. The Hall–Kier alpha value is -2.91. The van der Waals surface area contributed by atoms with Gasteiger partial charge in [-0.25, -0.2) is 0 Å². The molecule has 0 amide bonds. The first-order valence-electron chi connectivity index (χ1n) is 12.6. The van der Waals surface area contributed by atoms with E-state index in [1.165, 1.54) is 16.7 Å². The van der Waals surface area contributed by atoms with E-state index in [-0.39, 0.29) is 5.04 Å². The lowest BCUT2D eigenvalue weighted by Crippen LogP contribution is -2.60. The fourth-order valence-corrected chi connectivity index (χ4v) is 14.3. The molecule has 1 fully saturated rings. The van der Waals surface area contributed by atoms with Gasteiger partial charge in [0.25, 0.3) is 0 Å². The summed E-state index contributed by atoms with van der Waals surface area (Å²) in [5, 5.41) is 10.5. The highest BCUT2D eigenvalue weighted by atomic mass is 28.3. The molecule has 5 rings (SSSR count). The van der Waals surface area contributed by atoms with Gasteiger partial charge in [-0.15, -0.1) is 0 Å². The van der Waals surface area contributed by atoms with Gasteiger partial charge in [0.1, 0.15) is 0 Å². The van der Waals surface area contributed by atoms with Crippen LogP contribution in [0.3, 0.4) is 0 Å². The maximum absolute atomic E-state index is 13.1. The highest BCUT2D eigenvalue weighted by Crippen LogP contribution is 2.72. The monoisotopic (exact) mass is 466 g/mol. The fourth-order valence-electron chi connectivity index (χ4n) is 7.39. The van der Waals surface area contributed by atoms with Gasteiger partial charge in [-0.2, -0.15) is 0 Å². The Labute approximate surface area is 204 Å². The van der Waals surface area contributed by atoms with Crippen molar-refractivity contribution in [3.05, 3.63) is 120 Å². The first-order valence-corrected chi connectivity index (χ1v) is 15.2. The zero-order valence-electron chi connectivity index (χ0n) is 20.0. The number of hydrogen-bond acceptors (Lipinski definition) is 1. The van der Waals surface area contributed by atoms with Crippen molar-refractivity contribution in [1.29, 1.82) is 0 Å². The summed E-state index contributed by atoms with van der Waals surface area (Å²) in [5.41, 5.74) is 3.34. The maximum atomic E-state index is 13.1. The number of carbonyl (C=O) groups is 1. The predicted molar refractivity (Wildman–Crippen MR) is 141 cm³/mol. The van der Waals surface area contributed by atoms with Crippen molar-refractivity contribution in [2.75, 3.05) is 0 Å². The van der Waals surface area contributed by atoms with Crippen LogP contribution in [0.15, 0.2) is 103 Å². The Morgan fingerprint density at radius 3 is 1.59 bits per heavy atom. The number of fused-ring (bicyclic) bond motifs is 2. The van der Waals surface area contributed by atoms with Crippen LogP contribution in [0.25, 0.3) is 0 Å². The second-order valence-corrected chi connectivity index (χ2v) is 15.0. The van der Waals surface area contributed by atoms with Gasteiger partial charge in [-0.3, -0.25) is 4.79 Å². The molecule has 0 spiro atoms. The molecule has 2 aliphatic rings. The molecule has 2 aliphatic carbocycles. The summed E-state index contributed by atoms with van der Waals surface area (Å²) < 4.78 is 0. The molecule has 1 N–H and O–H groups in total. The molecular weight excluding hydrogens is 432 g/mol. The number of hydrogen-bond donors (Lipinski definition) is 1. The molecule has 3 atom stereocenters. The van der Waals surface area contributed by atoms with Crippen LogP contribution in [-0.2, 0) is 22.9 Å². The third kappa shape index (κ3) is 3.67. The van der Waals surface area contributed by atoms with Gasteiger partial charge in [-0.05, 0) is 43.3 Å². The quantitative estimate of drug-likeness (QED) is 0.273. The van der Waals surface area contributed by atoms with Crippen LogP contribution in [0.5, 0.6) is 0 Å². The normalized spacial score (nSPS) is 25.5. The summed E-state index contributed by atoms with van der Waals surface area (Å²) >= 11 is 0. The molecule has 34 heavy (non-hydrogen) atoms. The molecule has 3 aromatic carbocycles. The predicted octanol–water partition coefficient (Wildman–Crippen LogP) is 6.98. The highest BCUT2D eigenvalue weighted by Gasteiger charge is 2.70. The summed E-state index contributed by atoms with van der Waals surface area (Å²) in [5.74, 6) is -0.210. The molecule has 0 aliphatic heterocycles. The van der Waals surface area contributed by atoms with Gasteiger partial charge in [0.2, 0.25) is 0 Å². The number of carboxylic acid groups (broad SMARTS) is 1. The first kappa shape index (κ1) is 22.9. The standard InChI is InChI=1S/C31H34O2Si/c1-2-30(29(32)33)20-28-18-19-31(30,21-28)34(22-25-12-6-3-7-13-25,23-26-14-8-4-9-15-26)24-27-16-10-5-11-17-27/h3-19,28H,2,20-24H2,1H3,(H,32,33). The van der Waals surface area contributed by atoms with E-state index in [4.69, 9.17) is 0 Å². The van der Waals surface area contributed by atoms with Gasteiger partial charge in [0.15, 0.2) is 0 Å². The second kappa shape index (κ2) is 9.03. The number of allylic oxidation sites excluding steroid dienone is 2. The van der Waals surface area contributed by atoms with Gasteiger partial charge in [-0.1, -0.05) is 127 Å². The SMILES string of the molecule is CCC1(C(=O)O)CC2C=CC1([Si](Cc1ccccc1)(Cc1ccccc1)Cc1ccccc1)C2. The van der Waals surface area contributed by atoms with Crippen molar-refractivity contribution >= 4 is 14.0 Å². The molecule has 3 unspecified atom stereocenters. The topological polar surface area (TPSA) is 37.3 Å². The fraction of sp³-hybridized carbons (Fsp3) is 0.323. The average molecular weight is 467 g/mol. The number of carboxylic acids is 1. The molecule has 174 valence electrons. The zero-order valence-corrected chi connectivity index (χ0v) is 21.0. The molecule has 0 heterocycles. The van der Waals surface area contributed by atoms with E-state index in [0.29, 0.717) is 12.3 Å². The van der Waals surface area contributed by atoms with Crippen LogP contribution in [0, 0.1) is 11.3 Å². The molecule has 3 heteroatoms. The lowest BCUT2D eigenvalue weighted by molar-refractivity contribution is -0.150. The maximum Gasteiger partial charge on any atom is 0.310 e. The van der Waals surface area contributed by atoms with E-state index in [9.17, 15) is 9.90 Å². The molecular formula is C31H34O2Si. The molecule has 0 aromatic heterocycles. The Balaban J connectivity index is 1.75. The zero-order chi connectivity index (χ0) is 23.7. The smallest absolute Gasteiger partial charge is 0.310 e. The third-order valence-corrected chi connectivity index (χ3v) is 14.8. The lowest BCUT2D eigenvalue weighted by Gasteiger charge is -2.54. The van der Waals surface area contributed by atoms with Gasteiger partial charge in [0.05, 0.1) is 13.5 Å². The van der Waals surface area contributed by atoms with Crippen LogP contribution < -0.4 is 0 Å². The summed E-state index contributed by atoms with van der Waals surface area (Å²) in [4.78, 5) is 13.1. The summed E-state index contributed by atoms with van der Waals surface area (Å²) in [6.07, 6.45) is 7.23. The Kier molecular flexibility index (Phi) is 6.07. The summed E-state index contributed by atoms with van der Waals surface area (Å²) in [6.45, 7) is 2.11. The van der Waals surface area contributed by atoms with Crippen molar-refractivity contribution < 1.29 is 9.90 Å². The van der Waals surface area contributed by atoms with E-state index in [2.05, 4.69) is 110 Å². The van der Waals surface area contributed by atoms with Crippen LogP contribution in [0.2, 0.25) is 5.04 Å². The minimum absolute atomic E-state index is 0.271. The summed E-state index contributed by atoms with van der Waals surface area (Å²) in [6, 6.07) is 35.4. The first-order chi connectivity index (χ1) is 16.5. The highest BCUT2D eigenvalue weighted by molar-refractivity contribution is 6.82. The van der Waals surface area contributed by atoms with Gasteiger partial charge >= 0.3 is 5.97 Å². The van der Waals surface area contributed by atoms with Crippen LogP contribution in [0.4, 0.5) is 0 Å². The molecule has 2 nitrogen and oxygen atoms in total. The van der Waals surface area contributed by atoms with Crippen molar-refractivity contribution in [2.45, 2.75) is 49.4 Å². The molecule has 2 bridgehead atoms. The second-order valence-electron chi connectivity index (χ2n) is 10.5. The van der Waals surface area contributed by atoms with Gasteiger partial charge in [0, 0.05) is 5.04 Å². The van der Waals surface area contributed by atoms with E-state index >= 15 is 0 Å².